The third-order valence-electron chi connectivity index (χ3n) is 3.58. The topological polar surface area (TPSA) is 50.7 Å². The lowest BCUT2D eigenvalue weighted by atomic mass is 10.2. The van der Waals surface area contributed by atoms with Gasteiger partial charge in [0.25, 0.3) is 0 Å². The smallest absolute Gasteiger partial charge is 0.180 e. The van der Waals surface area contributed by atoms with E-state index >= 15 is 0 Å². The Kier molecular flexibility index (Phi) is 8.82. The molecule has 0 fully saturated rings. The quantitative estimate of drug-likeness (QED) is 0.527. The molecule has 2 aromatic rings. The van der Waals surface area contributed by atoms with Crippen LogP contribution in [0.2, 0.25) is 15.1 Å². The van der Waals surface area contributed by atoms with E-state index < -0.39 is 0 Å². The summed E-state index contributed by atoms with van der Waals surface area (Å²) < 4.78 is 11.6. The number of hydrogen-bond donors (Lipinski definition) is 2. The monoisotopic (exact) mass is 417 g/mol. The van der Waals surface area contributed by atoms with Gasteiger partial charge in [-0.25, -0.2) is 0 Å². The van der Waals surface area contributed by atoms with Gasteiger partial charge in [-0.05, 0) is 55.3 Å². The van der Waals surface area contributed by atoms with Crippen LogP contribution in [0.3, 0.4) is 0 Å². The second-order valence-electron chi connectivity index (χ2n) is 5.63. The number of ether oxygens (including phenoxy) is 2. The summed E-state index contributed by atoms with van der Waals surface area (Å²) in [6, 6.07) is 9.10. The van der Waals surface area contributed by atoms with Crippen molar-refractivity contribution < 1.29 is 14.6 Å². The molecule has 2 N–H and O–H groups in total. The highest BCUT2D eigenvalue weighted by Gasteiger charge is 2.13. The average Bonchev–Trinajstić information content (AvgIpc) is 2.61. The van der Waals surface area contributed by atoms with E-state index in [2.05, 4.69) is 5.32 Å². The molecular formula is C19H22Cl3NO3. The van der Waals surface area contributed by atoms with Crippen LogP contribution in [-0.4, -0.2) is 24.9 Å². The normalized spacial score (nSPS) is 10.8. The maximum Gasteiger partial charge on any atom is 0.180 e. The van der Waals surface area contributed by atoms with Crippen LogP contribution in [0.1, 0.15) is 24.5 Å². The van der Waals surface area contributed by atoms with Gasteiger partial charge in [0.2, 0.25) is 0 Å². The maximum absolute atomic E-state index is 8.83. The van der Waals surface area contributed by atoms with Crippen LogP contribution in [-0.2, 0) is 13.2 Å². The molecule has 0 aliphatic carbocycles. The van der Waals surface area contributed by atoms with Gasteiger partial charge < -0.3 is 19.9 Å². The van der Waals surface area contributed by atoms with Crippen molar-refractivity contribution in [2.75, 3.05) is 19.8 Å². The number of benzene rings is 2. The molecule has 2 aromatic carbocycles. The standard InChI is InChI=1S/C19H22Cl3NO3/c1-2-25-18-10-14(11-23-6-3-7-24)9-17(22)19(18)26-12-13-4-5-15(20)16(21)8-13/h4-5,8-10,23-24H,2-3,6-7,11-12H2,1H3. The Labute approximate surface area is 169 Å². The van der Waals surface area contributed by atoms with Crippen LogP contribution in [0, 0.1) is 0 Å². The Morgan fingerprint density at radius 2 is 1.73 bits per heavy atom. The maximum atomic E-state index is 8.83. The molecule has 0 radical (unpaired) electrons. The Morgan fingerprint density at radius 3 is 2.42 bits per heavy atom. The summed E-state index contributed by atoms with van der Waals surface area (Å²) >= 11 is 18.4. The fourth-order valence-electron chi connectivity index (χ4n) is 2.35. The Morgan fingerprint density at radius 1 is 0.962 bits per heavy atom. The lowest BCUT2D eigenvalue weighted by Crippen LogP contribution is -2.15. The lowest BCUT2D eigenvalue weighted by molar-refractivity contribution is 0.269. The first-order valence-corrected chi connectivity index (χ1v) is 9.52. The van der Waals surface area contributed by atoms with Gasteiger partial charge in [-0.1, -0.05) is 40.9 Å². The van der Waals surface area contributed by atoms with Gasteiger partial charge in [0.15, 0.2) is 11.5 Å². The van der Waals surface area contributed by atoms with Gasteiger partial charge in [-0.2, -0.15) is 0 Å². The first kappa shape index (κ1) is 21.1. The Bertz CT molecular complexity index is 725. The summed E-state index contributed by atoms with van der Waals surface area (Å²) in [7, 11) is 0. The van der Waals surface area contributed by atoms with Gasteiger partial charge in [0, 0.05) is 13.2 Å². The zero-order valence-corrected chi connectivity index (χ0v) is 16.8. The molecule has 0 unspecified atom stereocenters. The molecule has 0 amide bonds. The number of rotatable bonds is 10. The highest BCUT2D eigenvalue weighted by Crippen LogP contribution is 2.37. The summed E-state index contributed by atoms with van der Waals surface area (Å²) in [5, 5.41) is 13.5. The lowest BCUT2D eigenvalue weighted by Gasteiger charge is -2.16. The number of nitrogens with one attached hydrogen (secondary N) is 1. The summed E-state index contributed by atoms with van der Waals surface area (Å²) in [4.78, 5) is 0. The van der Waals surface area contributed by atoms with Crippen molar-refractivity contribution in [1.29, 1.82) is 0 Å². The van der Waals surface area contributed by atoms with Crippen LogP contribution in [0.25, 0.3) is 0 Å². The Hall–Kier alpha value is -1.17. The average molecular weight is 419 g/mol. The third-order valence-corrected chi connectivity index (χ3v) is 4.60. The van der Waals surface area contributed by atoms with Crippen molar-refractivity contribution in [2.24, 2.45) is 0 Å². The highest BCUT2D eigenvalue weighted by atomic mass is 35.5. The molecular weight excluding hydrogens is 397 g/mol. The molecule has 0 aliphatic rings. The molecule has 0 spiro atoms. The number of hydrogen-bond acceptors (Lipinski definition) is 4. The van der Waals surface area contributed by atoms with Crippen molar-refractivity contribution in [1.82, 2.24) is 5.32 Å². The van der Waals surface area contributed by atoms with E-state index in [1.807, 2.05) is 25.1 Å². The summed E-state index contributed by atoms with van der Waals surface area (Å²) in [5.74, 6) is 1.10. The van der Waals surface area contributed by atoms with Gasteiger partial charge in [0.1, 0.15) is 6.61 Å². The van der Waals surface area contributed by atoms with Crippen LogP contribution in [0.4, 0.5) is 0 Å². The van der Waals surface area contributed by atoms with Crippen molar-refractivity contribution in [3.8, 4) is 11.5 Å². The predicted molar refractivity (Wildman–Crippen MR) is 107 cm³/mol. The first-order valence-electron chi connectivity index (χ1n) is 8.38. The molecule has 0 saturated heterocycles. The second-order valence-corrected chi connectivity index (χ2v) is 6.85. The van der Waals surface area contributed by atoms with Gasteiger partial charge in [-0.15, -0.1) is 0 Å². The van der Waals surface area contributed by atoms with E-state index in [0.717, 1.165) is 17.7 Å². The summed E-state index contributed by atoms with van der Waals surface area (Å²) in [6.45, 7) is 4.23. The molecule has 4 nitrogen and oxygen atoms in total. The number of aliphatic hydroxyl groups is 1. The SMILES string of the molecule is CCOc1cc(CNCCCO)cc(Cl)c1OCc1ccc(Cl)c(Cl)c1. The van der Waals surface area contributed by atoms with E-state index in [-0.39, 0.29) is 6.61 Å². The molecule has 0 atom stereocenters. The van der Waals surface area contributed by atoms with Crippen molar-refractivity contribution >= 4 is 34.8 Å². The largest absolute Gasteiger partial charge is 0.490 e. The van der Waals surface area contributed by atoms with Crippen molar-refractivity contribution in [3.63, 3.8) is 0 Å². The van der Waals surface area contributed by atoms with Crippen LogP contribution in [0.5, 0.6) is 11.5 Å². The van der Waals surface area contributed by atoms with E-state index in [0.29, 0.717) is 52.7 Å². The minimum Gasteiger partial charge on any atom is -0.490 e. The minimum atomic E-state index is 0.166. The van der Waals surface area contributed by atoms with Crippen LogP contribution in [0.15, 0.2) is 30.3 Å². The third kappa shape index (κ3) is 6.22. The molecule has 0 bridgehead atoms. The van der Waals surface area contributed by atoms with Crippen LogP contribution >= 0.6 is 34.8 Å². The molecule has 0 aliphatic heterocycles. The second kappa shape index (κ2) is 10.9. The minimum absolute atomic E-state index is 0.166. The molecule has 142 valence electrons. The summed E-state index contributed by atoms with van der Waals surface area (Å²) in [5.41, 5.74) is 1.87. The molecule has 0 heterocycles. The van der Waals surface area contributed by atoms with Gasteiger partial charge in [-0.3, -0.25) is 0 Å². The fourth-order valence-corrected chi connectivity index (χ4v) is 2.96. The van der Waals surface area contributed by atoms with E-state index in [1.165, 1.54) is 0 Å². The number of aliphatic hydroxyl groups excluding tert-OH is 1. The highest BCUT2D eigenvalue weighted by molar-refractivity contribution is 6.42. The van der Waals surface area contributed by atoms with Crippen molar-refractivity contribution in [2.45, 2.75) is 26.5 Å². The van der Waals surface area contributed by atoms with Gasteiger partial charge in [0.05, 0.1) is 21.7 Å². The zero-order valence-electron chi connectivity index (χ0n) is 14.5. The van der Waals surface area contributed by atoms with E-state index in [4.69, 9.17) is 49.4 Å². The molecule has 7 heteroatoms. The Balaban J connectivity index is 2.11. The fraction of sp³-hybridized carbons (Fsp3) is 0.368. The number of halogens is 3. The first-order chi connectivity index (χ1) is 12.5. The van der Waals surface area contributed by atoms with E-state index in [9.17, 15) is 0 Å². The van der Waals surface area contributed by atoms with Crippen molar-refractivity contribution in [3.05, 3.63) is 56.5 Å². The molecule has 0 saturated carbocycles. The predicted octanol–water partition coefficient (Wildman–Crippen LogP) is 5.10. The van der Waals surface area contributed by atoms with E-state index in [1.54, 1.807) is 12.1 Å². The summed E-state index contributed by atoms with van der Waals surface area (Å²) in [6.07, 6.45) is 0.705. The molecule has 26 heavy (non-hydrogen) atoms. The van der Waals surface area contributed by atoms with Crippen LogP contribution < -0.4 is 14.8 Å². The zero-order chi connectivity index (χ0) is 18.9. The molecule has 0 aromatic heterocycles. The van der Waals surface area contributed by atoms with Gasteiger partial charge >= 0.3 is 0 Å². The molecule has 2 rings (SSSR count).